The summed E-state index contributed by atoms with van der Waals surface area (Å²) in [5.74, 6) is -5.54. The standard InChI is InChI=1S/C19H17F3N2O4S/c20-12-5-7-13(8-6-12)24(10-9-16(23)25)17(26)11-28-18(27)14-3-1-2-4-15(14)29-19(21)22/h1-8,19H,9-11H2,(H2,23,25). The minimum absolute atomic E-state index is 0.0177. The second-order valence-corrected chi connectivity index (χ2v) is 6.72. The molecule has 0 heterocycles. The van der Waals surface area contributed by atoms with E-state index in [1.54, 1.807) is 0 Å². The number of hydrogen-bond donors (Lipinski definition) is 1. The number of amides is 2. The number of primary amides is 1. The molecule has 29 heavy (non-hydrogen) atoms. The summed E-state index contributed by atoms with van der Waals surface area (Å²) < 4.78 is 43.4. The van der Waals surface area contributed by atoms with Gasteiger partial charge in [-0.25, -0.2) is 9.18 Å². The lowest BCUT2D eigenvalue weighted by Gasteiger charge is -2.22. The van der Waals surface area contributed by atoms with E-state index in [9.17, 15) is 27.6 Å². The maximum atomic E-state index is 13.1. The van der Waals surface area contributed by atoms with Crippen molar-refractivity contribution >= 4 is 35.2 Å². The van der Waals surface area contributed by atoms with Gasteiger partial charge in [-0.1, -0.05) is 23.9 Å². The van der Waals surface area contributed by atoms with Crippen molar-refractivity contribution in [2.45, 2.75) is 17.1 Å². The first kappa shape index (κ1) is 22.3. The zero-order chi connectivity index (χ0) is 21.4. The molecule has 0 saturated heterocycles. The molecule has 0 unspecified atom stereocenters. The Kier molecular flexibility index (Phi) is 8.08. The zero-order valence-electron chi connectivity index (χ0n) is 15.0. The van der Waals surface area contributed by atoms with Gasteiger partial charge in [0.2, 0.25) is 5.91 Å². The lowest BCUT2D eigenvalue weighted by Crippen LogP contribution is -2.37. The van der Waals surface area contributed by atoms with E-state index in [1.807, 2.05) is 0 Å². The number of hydrogen-bond acceptors (Lipinski definition) is 5. The molecule has 2 aromatic carbocycles. The van der Waals surface area contributed by atoms with Gasteiger partial charge in [-0.3, -0.25) is 9.59 Å². The summed E-state index contributed by atoms with van der Waals surface area (Å²) in [5, 5.41) is 0. The van der Waals surface area contributed by atoms with E-state index in [2.05, 4.69) is 0 Å². The van der Waals surface area contributed by atoms with Crippen molar-refractivity contribution in [3.63, 3.8) is 0 Å². The highest BCUT2D eigenvalue weighted by Crippen LogP contribution is 2.28. The Morgan fingerprint density at radius 2 is 1.72 bits per heavy atom. The third-order valence-electron chi connectivity index (χ3n) is 3.67. The van der Waals surface area contributed by atoms with E-state index in [0.717, 1.165) is 17.0 Å². The summed E-state index contributed by atoms with van der Waals surface area (Å²) >= 11 is 0.187. The second-order valence-electron chi connectivity index (χ2n) is 5.69. The minimum Gasteiger partial charge on any atom is -0.452 e. The van der Waals surface area contributed by atoms with Gasteiger partial charge < -0.3 is 15.4 Å². The van der Waals surface area contributed by atoms with Gasteiger partial charge in [0.25, 0.3) is 11.7 Å². The number of carbonyl (C=O) groups is 3. The molecule has 2 rings (SSSR count). The highest BCUT2D eigenvalue weighted by atomic mass is 32.2. The largest absolute Gasteiger partial charge is 0.452 e. The molecule has 0 bridgehead atoms. The number of carbonyl (C=O) groups excluding carboxylic acids is 3. The lowest BCUT2D eigenvalue weighted by atomic mass is 10.2. The Balaban J connectivity index is 2.10. The van der Waals surface area contributed by atoms with Crippen LogP contribution in [0.25, 0.3) is 0 Å². The number of nitrogens with zero attached hydrogens (tertiary/aromatic N) is 1. The van der Waals surface area contributed by atoms with Crippen LogP contribution in [0.5, 0.6) is 0 Å². The molecule has 0 fully saturated rings. The third-order valence-corrected chi connectivity index (χ3v) is 4.46. The Labute approximate surface area is 168 Å². The Hall–Kier alpha value is -3.01. The highest BCUT2D eigenvalue weighted by Gasteiger charge is 2.21. The predicted molar refractivity (Wildman–Crippen MR) is 101 cm³/mol. The van der Waals surface area contributed by atoms with Crippen molar-refractivity contribution < 1.29 is 32.3 Å². The van der Waals surface area contributed by atoms with Crippen LogP contribution >= 0.6 is 11.8 Å². The Morgan fingerprint density at radius 3 is 2.34 bits per heavy atom. The lowest BCUT2D eigenvalue weighted by molar-refractivity contribution is -0.121. The van der Waals surface area contributed by atoms with E-state index in [4.69, 9.17) is 10.5 Å². The van der Waals surface area contributed by atoms with Crippen LogP contribution in [0.2, 0.25) is 0 Å². The summed E-state index contributed by atoms with van der Waals surface area (Å²) in [7, 11) is 0. The maximum absolute atomic E-state index is 13.1. The van der Waals surface area contributed by atoms with Gasteiger partial charge in [0.1, 0.15) is 5.82 Å². The average molecular weight is 426 g/mol. The molecule has 0 aliphatic carbocycles. The van der Waals surface area contributed by atoms with Crippen LogP contribution in [0.3, 0.4) is 0 Å². The highest BCUT2D eigenvalue weighted by molar-refractivity contribution is 7.99. The SMILES string of the molecule is NC(=O)CCN(C(=O)COC(=O)c1ccccc1SC(F)F)c1ccc(F)cc1. The van der Waals surface area contributed by atoms with Gasteiger partial charge in [-0.15, -0.1) is 0 Å². The summed E-state index contributed by atoms with van der Waals surface area (Å²) in [6, 6.07) is 10.5. The van der Waals surface area contributed by atoms with Gasteiger partial charge in [-0.2, -0.15) is 8.78 Å². The first-order chi connectivity index (χ1) is 13.8. The predicted octanol–water partition coefficient (Wildman–Crippen LogP) is 3.21. The molecular weight excluding hydrogens is 409 g/mol. The smallest absolute Gasteiger partial charge is 0.339 e. The monoisotopic (exact) mass is 426 g/mol. The number of ether oxygens (including phenoxy) is 1. The van der Waals surface area contributed by atoms with Gasteiger partial charge in [0.05, 0.1) is 5.56 Å². The molecule has 0 saturated carbocycles. The normalized spacial score (nSPS) is 10.6. The molecule has 6 nitrogen and oxygen atoms in total. The van der Waals surface area contributed by atoms with Crippen LogP contribution in [-0.4, -0.2) is 36.7 Å². The fourth-order valence-corrected chi connectivity index (χ4v) is 2.99. The van der Waals surface area contributed by atoms with Gasteiger partial charge in [0.15, 0.2) is 6.61 Å². The molecule has 0 aliphatic heterocycles. The van der Waals surface area contributed by atoms with E-state index < -0.39 is 36.0 Å². The Bertz CT molecular complexity index is 878. The fraction of sp³-hybridized carbons (Fsp3) is 0.211. The summed E-state index contributed by atoms with van der Waals surface area (Å²) in [6.45, 7) is -0.808. The molecule has 0 spiro atoms. The number of thioether (sulfide) groups is 1. The number of halogens is 3. The van der Waals surface area contributed by atoms with Gasteiger partial charge in [-0.05, 0) is 36.4 Å². The number of alkyl halides is 2. The van der Waals surface area contributed by atoms with E-state index in [-0.39, 0.29) is 40.9 Å². The van der Waals surface area contributed by atoms with Crippen molar-refractivity contribution in [2.75, 3.05) is 18.1 Å². The molecule has 0 atom stereocenters. The van der Waals surface area contributed by atoms with E-state index in [1.165, 1.54) is 36.4 Å². The topological polar surface area (TPSA) is 89.7 Å². The van der Waals surface area contributed by atoms with Crippen LogP contribution in [0, 0.1) is 5.82 Å². The van der Waals surface area contributed by atoms with Crippen LogP contribution < -0.4 is 10.6 Å². The van der Waals surface area contributed by atoms with E-state index >= 15 is 0 Å². The molecule has 154 valence electrons. The number of anilines is 1. The number of nitrogens with two attached hydrogens (primary N) is 1. The molecule has 2 aromatic rings. The fourth-order valence-electron chi connectivity index (χ4n) is 2.36. The first-order valence-corrected chi connectivity index (χ1v) is 9.21. The minimum atomic E-state index is -2.73. The van der Waals surface area contributed by atoms with Crippen LogP contribution in [0.4, 0.5) is 18.9 Å². The van der Waals surface area contributed by atoms with Gasteiger partial charge in [0, 0.05) is 23.5 Å². The molecule has 2 N–H and O–H groups in total. The zero-order valence-corrected chi connectivity index (χ0v) is 15.8. The average Bonchev–Trinajstić information content (AvgIpc) is 2.67. The third kappa shape index (κ3) is 6.83. The molecule has 10 heteroatoms. The maximum Gasteiger partial charge on any atom is 0.339 e. The Morgan fingerprint density at radius 1 is 1.07 bits per heavy atom. The summed E-state index contributed by atoms with van der Waals surface area (Å²) in [4.78, 5) is 37.0. The quantitative estimate of drug-likeness (QED) is 0.491. The molecule has 0 radical (unpaired) electrons. The van der Waals surface area contributed by atoms with Crippen molar-refractivity contribution in [3.8, 4) is 0 Å². The van der Waals surface area contributed by atoms with Crippen LogP contribution in [-0.2, 0) is 14.3 Å². The second kappa shape index (κ2) is 10.5. The molecule has 0 aromatic heterocycles. The first-order valence-electron chi connectivity index (χ1n) is 8.33. The summed E-state index contributed by atoms with van der Waals surface area (Å²) in [6.07, 6.45) is -0.162. The van der Waals surface area contributed by atoms with Crippen molar-refractivity contribution in [1.29, 1.82) is 0 Å². The molecule has 2 amide bonds. The van der Waals surface area contributed by atoms with Crippen LogP contribution in [0.1, 0.15) is 16.8 Å². The van der Waals surface area contributed by atoms with Crippen LogP contribution in [0.15, 0.2) is 53.4 Å². The number of benzene rings is 2. The van der Waals surface area contributed by atoms with Crippen molar-refractivity contribution in [1.82, 2.24) is 0 Å². The van der Waals surface area contributed by atoms with Crippen molar-refractivity contribution in [3.05, 3.63) is 59.9 Å². The molecular formula is C19H17F3N2O4S. The number of rotatable bonds is 9. The van der Waals surface area contributed by atoms with Gasteiger partial charge >= 0.3 is 5.97 Å². The van der Waals surface area contributed by atoms with E-state index in [0.29, 0.717) is 0 Å². The molecule has 0 aliphatic rings. The summed E-state index contributed by atoms with van der Waals surface area (Å²) in [5.41, 5.74) is 5.29. The number of esters is 1. The van der Waals surface area contributed by atoms with Crippen molar-refractivity contribution in [2.24, 2.45) is 5.73 Å².